The molecule has 0 bridgehead atoms. The number of ether oxygens (including phenoxy) is 1. The normalized spacial score (nSPS) is 11.7. The minimum Gasteiger partial charge on any atom is -0.461 e. The zero-order valence-corrected chi connectivity index (χ0v) is 12.0. The van der Waals surface area contributed by atoms with Crippen molar-refractivity contribution in [3.05, 3.63) is 71.8 Å². The van der Waals surface area contributed by atoms with Gasteiger partial charge in [0.05, 0.1) is 5.92 Å². The zero-order valence-electron chi connectivity index (χ0n) is 12.0. The van der Waals surface area contributed by atoms with Gasteiger partial charge in [0.2, 0.25) is 0 Å². The summed E-state index contributed by atoms with van der Waals surface area (Å²) in [4.78, 5) is 23.9. The van der Waals surface area contributed by atoms with E-state index in [1.807, 2.05) is 48.5 Å². The summed E-state index contributed by atoms with van der Waals surface area (Å²) in [6.07, 6.45) is 0.164. The van der Waals surface area contributed by atoms with Crippen LogP contribution in [-0.4, -0.2) is 11.8 Å². The first kappa shape index (κ1) is 15.0. The lowest BCUT2D eigenvalue weighted by molar-refractivity contribution is -0.149. The summed E-state index contributed by atoms with van der Waals surface area (Å²) in [6, 6.07) is 18.5. The molecule has 0 saturated carbocycles. The van der Waals surface area contributed by atoms with E-state index in [0.29, 0.717) is 5.56 Å². The van der Waals surface area contributed by atoms with Crippen LogP contribution in [0.2, 0.25) is 0 Å². The molecule has 0 heterocycles. The topological polar surface area (TPSA) is 43.4 Å². The Morgan fingerprint density at radius 1 is 0.952 bits per heavy atom. The van der Waals surface area contributed by atoms with Gasteiger partial charge in [-0.1, -0.05) is 67.6 Å². The quantitative estimate of drug-likeness (QED) is 0.600. The van der Waals surface area contributed by atoms with Gasteiger partial charge in [0.1, 0.15) is 6.61 Å². The van der Waals surface area contributed by atoms with Gasteiger partial charge in [-0.05, 0) is 5.56 Å². The average Bonchev–Trinajstić information content (AvgIpc) is 2.54. The average molecular weight is 282 g/mol. The predicted octanol–water partition coefficient (Wildman–Crippen LogP) is 3.64. The minimum atomic E-state index is -0.443. The monoisotopic (exact) mass is 282 g/mol. The van der Waals surface area contributed by atoms with E-state index >= 15 is 0 Å². The highest BCUT2D eigenvalue weighted by Crippen LogP contribution is 2.12. The smallest absolute Gasteiger partial charge is 0.309 e. The van der Waals surface area contributed by atoms with Gasteiger partial charge < -0.3 is 4.74 Å². The Balaban J connectivity index is 1.84. The van der Waals surface area contributed by atoms with Gasteiger partial charge in [0.25, 0.3) is 0 Å². The first-order valence-electron chi connectivity index (χ1n) is 6.95. The summed E-state index contributed by atoms with van der Waals surface area (Å²) in [5.74, 6) is -0.829. The molecule has 1 atom stereocenters. The van der Waals surface area contributed by atoms with Crippen molar-refractivity contribution < 1.29 is 14.3 Å². The van der Waals surface area contributed by atoms with E-state index in [1.165, 1.54) is 0 Å². The lowest BCUT2D eigenvalue weighted by Gasteiger charge is -2.11. The maximum absolute atomic E-state index is 12.0. The van der Waals surface area contributed by atoms with E-state index in [0.717, 1.165) is 5.56 Å². The molecular formula is C18H18O3. The van der Waals surface area contributed by atoms with Crippen molar-refractivity contribution in [1.82, 2.24) is 0 Å². The van der Waals surface area contributed by atoms with Gasteiger partial charge in [0, 0.05) is 12.0 Å². The van der Waals surface area contributed by atoms with Crippen molar-refractivity contribution in [2.75, 3.05) is 0 Å². The SMILES string of the molecule is CC(CC(=O)c1ccccc1)C(=O)OCc1ccccc1. The predicted molar refractivity (Wildman–Crippen MR) is 80.8 cm³/mol. The molecule has 0 aliphatic rings. The van der Waals surface area contributed by atoms with Crippen LogP contribution in [0.15, 0.2) is 60.7 Å². The Morgan fingerprint density at radius 2 is 1.52 bits per heavy atom. The lowest BCUT2D eigenvalue weighted by atomic mass is 10.00. The molecule has 0 radical (unpaired) electrons. The summed E-state index contributed by atoms with van der Waals surface area (Å²) in [5, 5.41) is 0. The molecule has 3 heteroatoms. The molecule has 0 aliphatic carbocycles. The number of rotatable bonds is 6. The highest BCUT2D eigenvalue weighted by Gasteiger charge is 2.19. The van der Waals surface area contributed by atoms with E-state index in [2.05, 4.69) is 0 Å². The molecule has 3 nitrogen and oxygen atoms in total. The molecule has 0 fully saturated rings. The molecule has 2 aromatic rings. The Kier molecular flexibility index (Phi) is 5.27. The maximum Gasteiger partial charge on any atom is 0.309 e. The molecule has 1 unspecified atom stereocenters. The van der Waals surface area contributed by atoms with Gasteiger partial charge in [-0.3, -0.25) is 9.59 Å². The van der Waals surface area contributed by atoms with E-state index in [4.69, 9.17) is 4.74 Å². The van der Waals surface area contributed by atoms with Crippen molar-refractivity contribution in [2.45, 2.75) is 20.0 Å². The molecule has 0 N–H and O–H groups in total. The first-order valence-corrected chi connectivity index (χ1v) is 6.95. The lowest BCUT2D eigenvalue weighted by Crippen LogP contribution is -2.18. The second-order valence-corrected chi connectivity index (χ2v) is 4.99. The van der Waals surface area contributed by atoms with Crippen LogP contribution < -0.4 is 0 Å². The van der Waals surface area contributed by atoms with Gasteiger partial charge in [-0.2, -0.15) is 0 Å². The molecule has 0 aliphatic heterocycles. The van der Waals surface area contributed by atoms with Gasteiger partial charge in [-0.15, -0.1) is 0 Å². The second-order valence-electron chi connectivity index (χ2n) is 4.99. The number of benzene rings is 2. The summed E-state index contributed by atoms with van der Waals surface area (Å²) in [5.41, 5.74) is 1.56. The van der Waals surface area contributed by atoms with Crippen LogP contribution in [0.5, 0.6) is 0 Å². The molecule has 21 heavy (non-hydrogen) atoms. The number of carbonyl (C=O) groups excluding carboxylic acids is 2. The van der Waals surface area contributed by atoms with E-state index in [9.17, 15) is 9.59 Å². The van der Waals surface area contributed by atoms with Crippen molar-refractivity contribution >= 4 is 11.8 Å². The van der Waals surface area contributed by atoms with Gasteiger partial charge >= 0.3 is 5.97 Å². The first-order chi connectivity index (χ1) is 10.2. The molecule has 108 valence electrons. The van der Waals surface area contributed by atoms with Gasteiger partial charge in [-0.25, -0.2) is 0 Å². The fraction of sp³-hybridized carbons (Fsp3) is 0.222. The van der Waals surface area contributed by atoms with Crippen LogP contribution in [-0.2, 0) is 16.1 Å². The van der Waals surface area contributed by atoms with Crippen molar-refractivity contribution in [3.8, 4) is 0 Å². The fourth-order valence-corrected chi connectivity index (χ4v) is 1.97. The van der Waals surface area contributed by atoms with Crippen molar-refractivity contribution in [1.29, 1.82) is 0 Å². The third kappa shape index (κ3) is 4.56. The second kappa shape index (κ2) is 7.39. The summed E-state index contributed by atoms with van der Waals surface area (Å²) >= 11 is 0. The molecule has 0 amide bonds. The summed E-state index contributed by atoms with van der Waals surface area (Å²) in [7, 11) is 0. The Bertz CT molecular complexity index is 590. The number of hydrogen-bond acceptors (Lipinski definition) is 3. The minimum absolute atomic E-state index is 0.0419. The number of Topliss-reactive ketones (excluding diaryl/α,β-unsaturated/α-hetero) is 1. The zero-order chi connectivity index (χ0) is 15.1. The van der Waals surface area contributed by atoms with Crippen molar-refractivity contribution in [3.63, 3.8) is 0 Å². The Labute approximate surface area is 124 Å². The van der Waals surface area contributed by atoms with Crippen LogP contribution in [0.25, 0.3) is 0 Å². The third-order valence-electron chi connectivity index (χ3n) is 3.21. The standard InChI is InChI=1S/C18H18O3/c1-14(12-17(19)16-10-6-3-7-11-16)18(20)21-13-15-8-4-2-5-9-15/h2-11,14H,12-13H2,1H3. The highest BCUT2D eigenvalue weighted by molar-refractivity contribution is 5.97. The third-order valence-corrected chi connectivity index (χ3v) is 3.21. The number of hydrogen-bond donors (Lipinski definition) is 0. The molecule has 0 spiro atoms. The summed E-state index contributed by atoms with van der Waals surface area (Å²) in [6.45, 7) is 1.96. The van der Waals surface area contributed by atoms with Crippen LogP contribution in [0.1, 0.15) is 29.3 Å². The number of carbonyl (C=O) groups is 2. The number of ketones is 1. The highest BCUT2D eigenvalue weighted by atomic mass is 16.5. The Hall–Kier alpha value is -2.42. The van der Waals surface area contributed by atoms with E-state index in [-0.39, 0.29) is 24.8 Å². The van der Waals surface area contributed by atoms with Crippen LogP contribution in [0.4, 0.5) is 0 Å². The van der Waals surface area contributed by atoms with Crippen LogP contribution >= 0.6 is 0 Å². The molecule has 2 aromatic carbocycles. The Morgan fingerprint density at radius 3 is 2.14 bits per heavy atom. The van der Waals surface area contributed by atoms with E-state index in [1.54, 1.807) is 19.1 Å². The number of esters is 1. The largest absolute Gasteiger partial charge is 0.461 e. The maximum atomic E-state index is 12.0. The molecule has 0 aromatic heterocycles. The van der Waals surface area contributed by atoms with E-state index < -0.39 is 5.92 Å². The fourth-order valence-electron chi connectivity index (χ4n) is 1.97. The van der Waals surface area contributed by atoms with Crippen LogP contribution in [0.3, 0.4) is 0 Å². The van der Waals surface area contributed by atoms with Crippen LogP contribution in [0, 0.1) is 5.92 Å². The van der Waals surface area contributed by atoms with Crippen molar-refractivity contribution in [2.24, 2.45) is 5.92 Å². The molecule has 0 saturated heterocycles. The summed E-state index contributed by atoms with van der Waals surface area (Å²) < 4.78 is 5.24. The molecular weight excluding hydrogens is 264 g/mol. The van der Waals surface area contributed by atoms with Gasteiger partial charge in [0.15, 0.2) is 5.78 Å². The molecule has 2 rings (SSSR count).